The number of hydrogen-bond donors (Lipinski definition) is 1. The lowest BCUT2D eigenvalue weighted by Gasteiger charge is -2.17. The highest BCUT2D eigenvalue weighted by Gasteiger charge is 2.58. The molecule has 2 aliphatic carbocycles. The van der Waals surface area contributed by atoms with Gasteiger partial charge in [-0.1, -0.05) is 23.8 Å². The van der Waals surface area contributed by atoms with Crippen molar-refractivity contribution in [2.75, 3.05) is 20.2 Å². The third kappa shape index (κ3) is 2.60. The number of nitrogens with one attached hydrogen (secondary N) is 1. The SMILES string of the molecule is COc1ccc(Cl)cc1C(=O)NCCN1C(=O)C2C3C=CC(C3)C2C1=O. The fraction of sp³-hybridized carbons (Fsp3) is 0.421. The quantitative estimate of drug-likeness (QED) is 0.630. The van der Waals surface area contributed by atoms with Gasteiger partial charge in [-0.05, 0) is 36.5 Å². The Morgan fingerprint density at radius 3 is 2.50 bits per heavy atom. The minimum absolute atomic E-state index is 0.105. The molecule has 1 saturated carbocycles. The van der Waals surface area contributed by atoms with Gasteiger partial charge in [0.1, 0.15) is 5.75 Å². The maximum Gasteiger partial charge on any atom is 0.255 e. The molecule has 4 atom stereocenters. The molecule has 2 fully saturated rings. The number of carbonyl (C=O) groups excluding carboxylic acids is 3. The van der Waals surface area contributed by atoms with Crippen LogP contribution in [0.25, 0.3) is 0 Å². The molecule has 6 nitrogen and oxygen atoms in total. The van der Waals surface area contributed by atoms with Crippen molar-refractivity contribution in [3.05, 3.63) is 40.9 Å². The normalized spacial score (nSPS) is 28.6. The number of carbonyl (C=O) groups is 3. The summed E-state index contributed by atoms with van der Waals surface area (Å²) < 4.78 is 5.17. The number of methoxy groups -OCH3 is 1. The van der Waals surface area contributed by atoms with E-state index in [1.54, 1.807) is 12.1 Å². The molecule has 1 aliphatic heterocycles. The first-order valence-corrected chi connectivity index (χ1v) is 9.04. The maximum absolute atomic E-state index is 12.6. The summed E-state index contributed by atoms with van der Waals surface area (Å²) in [5.74, 6) is -0.184. The monoisotopic (exact) mass is 374 g/mol. The van der Waals surface area contributed by atoms with Crippen LogP contribution < -0.4 is 10.1 Å². The number of likely N-dealkylation sites (tertiary alicyclic amines) is 1. The zero-order valence-corrected chi connectivity index (χ0v) is 15.0. The number of nitrogens with zero attached hydrogens (tertiary/aromatic N) is 1. The third-order valence-corrected chi connectivity index (χ3v) is 5.82. The standard InChI is InChI=1S/C19H19ClN2O4/c1-26-14-5-4-12(20)9-13(14)17(23)21-6-7-22-18(24)15-10-2-3-11(8-10)16(15)19(22)25/h2-5,9-11,15-16H,6-8H2,1H3,(H,21,23). The highest BCUT2D eigenvalue weighted by atomic mass is 35.5. The maximum atomic E-state index is 12.6. The summed E-state index contributed by atoms with van der Waals surface area (Å²) in [6.07, 6.45) is 5.04. The number of fused-ring (bicyclic) bond motifs is 5. The molecule has 1 aromatic carbocycles. The van der Waals surface area contributed by atoms with E-state index in [-0.39, 0.29) is 54.5 Å². The number of ether oxygens (including phenoxy) is 1. The van der Waals surface area contributed by atoms with Crippen molar-refractivity contribution in [3.8, 4) is 5.75 Å². The number of halogens is 1. The summed E-state index contributed by atoms with van der Waals surface area (Å²) in [6, 6.07) is 4.78. The van der Waals surface area contributed by atoms with E-state index in [2.05, 4.69) is 17.5 Å². The minimum Gasteiger partial charge on any atom is -0.496 e. The summed E-state index contributed by atoms with van der Waals surface area (Å²) >= 11 is 5.94. The summed E-state index contributed by atoms with van der Waals surface area (Å²) in [5.41, 5.74) is 0.318. The second-order valence-electron chi connectivity index (χ2n) is 6.93. The van der Waals surface area contributed by atoms with Crippen molar-refractivity contribution in [2.24, 2.45) is 23.7 Å². The highest BCUT2D eigenvalue weighted by Crippen LogP contribution is 2.52. The summed E-state index contributed by atoms with van der Waals surface area (Å²) in [4.78, 5) is 38.9. The van der Waals surface area contributed by atoms with E-state index in [9.17, 15) is 14.4 Å². The van der Waals surface area contributed by atoms with Crippen LogP contribution in [0.3, 0.4) is 0 Å². The van der Waals surface area contributed by atoms with E-state index in [1.807, 2.05) is 0 Å². The number of rotatable bonds is 5. The van der Waals surface area contributed by atoms with E-state index in [4.69, 9.17) is 16.3 Å². The van der Waals surface area contributed by atoms with Crippen LogP contribution in [-0.2, 0) is 9.59 Å². The van der Waals surface area contributed by atoms with Gasteiger partial charge in [0, 0.05) is 18.1 Å². The van der Waals surface area contributed by atoms with Crippen molar-refractivity contribution < 1.29 is 19.1 Å². The smallest absolute Gasteiger partial charge is 0.255 e. The summed E-state index contributed by atoms with van der Waals surface area (Å²) in [7, 11) is 1.47. The Kier molecular flexibility index (Phi) is 4.23. The molecule has 3 amide bonds. The van der Waals surface area contributed by atoms with Gasteiger partial charge < -0.3 is 10.1 Å². The zero-order chi connectivity index (χ0) is 18.4. The first-order valence-electron chi connectivity index (χ1n) is 8.66. The molecular weight excluding hydrogens is 356 g/mol. The van der Waals surface area contributed by atoms with Gasteiger partial charge in [0.15, 0.2) is 0 Å². The lowest BCUT2D eigenvalue weighted by molar-refractivity contribution is -0.140. The van der Waals surface area contributed by atoms with Crippen LogP contribution in [0.1, 0.15) is 16.8 Å². The van der Waals surface area contributed by atoms with Gasteiger partial charge in [-0.15, -0.1) is 0 Å². The molecule has 2 bridgehead atoms. The first-order chi connectivity index (χ1) is 12.5. The van der Waals surface area contributed by atoms with E-state index in [1.165, 1.54) is 18.1 Å². The second kappa shape index (κ2) is 6.43. The largest absolute Gasteiger partial charge is 0.496 e. The van der Waals surface area contributed by atoms with Crippen molar-refractivity contribution >= 4 is 29.3 Å². The van der Waals surface area contributed by atoms with Crippen LogP contribution in [-0.4, -0.2) is 42.8 Å². The van der Waals surface area contributed by atoms with Gasteiger partial charge in [0.25, 0.3) is 5.91 Å². The number of imide groups is 1. The lowest BCUT2D eigenvalue weighted by Crippen LogP contribution is -2.39. The zero-order valence-electron chi connectivity index (χ0n) is 14.3. The van der Waals surface area contributed by atoms with Crippen LogP contribution in [0.2, 0.25) is 5.02 Å². The third-order valence-electron chi connectivity index (χ3n) is 5.59. The van der Waals surface area contributed by atoms with Crippen molar-refractivity contribution in [1.82, 2.24) is 10.2 Å². The van der Waals surface area contributed by atoms with Crippen molar-refractivity contribution in [1.29, 1.82) is 0 Å². The minimum atomic E-state index is -0.356. The van der Waals surface area contributed by atoms with Gasteiger partial charge in [-0.3, -0.25) is 19.3 Å². The molecule has 1 heterocycles. The molecule has 1 N–H and O–H groups in total. The predicted octanol–water partition coefficient (Wildman–Crippen LogP) is 1.89. The predicted molar refractivity (Wildman–Crippen MR) is 94.8 cm³/mol. The van der Waals surface area contributed by atoms with Gasteiger partial charge in [0.2, 0.25) is 11.8 Å². The Morgan fingerprint density at radius 1 is 1.23 bits per heavy atom. The molecule has 3 aliphatic rings. The van der Waals surface area contributed by atoms with Crippen molar-refractivity contribution in [2.45, 2.75) is 6.42 Å². The summed E-state index contributed by atoms with van der Waals surface area (Å²) in [5, 5.41) is 3.16. The number of amides is 3. The molecule has 0 radical (unpaired) electrons. The number of allylic oxidation sites excluding steroid dienone is 2. The fourth-order valence-corrected chi connectivity index (χ4v) is 4.59. The Balaban J connectivity index is 1.38. The summed E-state index contributed by atoms with van der Waals surface area (Å²) in [6.45, 7) is 0.368. The molecule has 4 unspecified atom stereocenters. The Morgan fingerprint density at radius 2 is 1.88 bits per heavy atom. The average molecular weight is 375 g/mol. The molecule has 7 heteroatoms. The molecule has 1 aromatic rings. The van der Waals surface area contributed by atoms with Crippen LogP contribution in [0.15, 0.2) is 30.4 Å². The van der Waals surface area contributed by atoms with E-state index in [0.29, 0.717) is 16.3 Å². The molecule has 0 aromatic heterocycles. The number of benzene rings is 1. The van der Waals surface area contributed by atoms with Gasteiger partial charge in [-0.25, -0.2) is 0 Å². The molecular formula is C19H19ClN2O4. The molecule has 4 rings (SSSR count). The average Bonchev–Trinajstić information content (AvgIpc) is 3.31. The van der Waals surface area contributed by atoms with Gasteiger partial charge >= 0.3 is 0 Å². The van der Waals surface area contributed by atoms with Crippen molar-refractivity contribution in [3.63, 3.8) is 0 Å². The molecule has 26 heavy (non-hydrogen) atoms. The molecule has 136 valence electrons. The molecule has 0 spiro atoms. The highest BCUT2D eigenvalue weighted by molar-refractivity contribution is 6.31. The lowest BCUT2D eigenvalue weighted by atomic mass is 9.85. The van der Waals surface area contributed by atoms with E-state index < -0.39 is 0 Å². The van der Waals surface area contributed by atoms with Crippen LogP contribution in [0, 0.1) is 23.7 Å². The Hall–Kier alpha value is -2.34. The number of hydrogen-bond acceptors (Lipinski definition) is 4. The van der Waals surface area contributed by atoms with Gasteiger partial charge in [0.05, 0.1) is 24.5 Å². The Labute approximate surface area is 156 Å². The van der Waals surface area contributed by atoms with Gasteiger partial charge in [-0.2, -0.15) is 0 Å². The van der Waals surface area contributed by atoms with Crippen LogP contribution in [0.5, 0.6) is 5.75 Å². The first kappa shape index (κ1) is 17.1. The van der Waals surface area contributed by atoms with Crippen LogP contribution in [0.4, 0.5) is 0 Å². The van der Waals surface area contributed by atoms with Crippen LogP contribution >= 0.6 is 11.6 Å². The fourth-order valence-electron chi connectivity index (χ4n) is 4.42. The second-order valence-corrected chi connectivity index (χ2v) is 7.36. The Bertz CT molecular complexity index is 792. The van der Waals surface area contributed by atoms with E-state index in [0.717, 1.165) is 6.42 Å². The van der Waals surface area contributed by atoms with E-state index >= 15 is 0 Å². The molecule has 1 saturated heterocycles. The topological polar surface area (TPSA) is 75.7 Å².